The molecule has 1 fully saturated rings. The lowest BCUT2D eigenvalue weighted by Gasteiger charge is -2.28. The van der Waals surface area contributed by atoms with Crippen LogP contribution in [0.4, 0.5) is 10.2 Å². The molecule has 1 saturated heterocycles. The molecule has 138 valence electrons. The van der Waals surface area contributed by atoms with Crippen molar-refractivity contribution in [2.75, 3.05) is 31.2 Å². The van der Waals surface area contributed by atoms with Crippen LogP contribution in [0.3, 0.4) is 0 Å². The summed E-state index contributed by atoms with van der Waals surface area (Å²) in [6, 6.07) is 6.26. The maximum Gasteiger partial charge on any atom is 0.224 e. The van der Waals surface area contributed by atoms with E-state index in [1.165, 1.54) is 12.1 Å². The number of amides is 1. The summed E-state index contributed by atoms with van der Waals surface area (Å²) in [7, 11) is 0. The molecule has 2 heterocycles. The third-order valence-corrected chi connectivity index (χ3v) is 4.42. The number of rotatable bonds is 5. The van der Waals surface area contributed by atoms with Gasteiger partial charge in [0.2, 0.25) is 5.91 Å². The van der Waals surface area contributed by atoms with Crippen LogP contribution in [0.15, 0.2) is 24.3 Å². The molecule has 0 radical (unpaired) electrons. The quantitative estimate of drug-likeness (QED) is 0.864. The van der Waals surface area contributed by atoms with Gasteiger partial charge in [0, 0.05) is 35.4 Å². The molecule has 0 aliphatic carbocycles. The average molecular weight is 379 g/mol. The molecule has 2 aromatic rings. The molecule has 26 heavy (non-hydrogen) atoms. The smallest absolute Gasteiger partial charge is 0.224 e. The van der Waals surface area contributed by atoms with Crippen molar-refractivity contribution in [3.63, 3.8) is 0 Å². The number of carbonyl (C=O) groups excluding carboxylic acids is 1. The Kier molecular flexibility index (Phi) is 6.00. The molecule has 1 N–H and O–H groups in total. The number of aromatic nitrogens is 2. The lowest BCUT2D eigenvalue weighted by atomic mass is 10.1. The molecular formula is C18H20ClFN4O2. The van der Waals surface area contributed by atoms with E-state index in [0.717, 1.165) is 24.6 Å². The molecule has 0 atom stereocenters. The van der Waals surface area contributed by atoms with E-state index in [9.17, 15) is 9.18 Å². The van der Waals surface area contributed by atoms with Gasteiger partial charge < -0.3 is 15.0 Å². The van der Waals surface area contributed by atoms with Crippen LogP contribution < -0.4 is 10.2 Å². The number of hydrogen-bond donors (Lipinski definition) is 1. The Labute approximate surface area is 156 Å². The molecule has 0 bridgehead atoms. The van der Waals surface area contributed by atoms with E-state index in [4.69, 9.17) is 16.3 Å². The summed E-state index contributed by atoms with van der Waals surface area (Å²) in [6.45, 7) is 4.93. The number of nitrogens with zero attached hydrogens (tertiary/aromatic N) is 3. The zero-order valence-corrected chi connectivity index (χ0v) is 15.2. The Morgan fingerprint density at radius 3 is 2.85 bits per heavy atom. The number of anilines is 1. The highest BCUT2D eigenvalue weighted by atomic mass is 35.5. The van der Waals surface area contributed by atoms with Gasteiger partial charge in [0.05, 0.1) is 26.2 Å². The molecule has 0 unspecified atom stereocenters. The van der Waals surface area contributed by atoms with Crippen molar-refractivity contribution in [1.82, 2.24) is 15.3 Å². The van der Waals surface area contributed by atoms with Gasteiger partial charge >= 0.3 is 0 Å². The van der Waals surface area contributed by atoms with Gasteiger partial charge in [0.25, 0.3) is 0 Å². The predicted octanol–water partition coefficient (Wildman–Crippen LogP) is 2.27. The van der Waals surface area contributed by atoms with E-state index in [1.54, 1.807) is 6.07 Å². The number of nitrogens with one attached hydrogen (secondary N) is 1. The van der Waals surface area contributed by atoms with E-state index in [-0.39, 0.29) is 29.5 Å². The topological polar surface area (TPSA) is 67.3 Å². The van der Waals surface area contributed by atoms with Crippen LogP contribution in [0.25, 0.3) is 0 Å². The summed E-state index contributed by atoms with van der Waals surface area (Å²) in [5.41, 5.74) is 1.01. The van der Waals surface area contributed by atoms with Crippen molar-refractivity contribution >= 4 is 23.3 Å². The SMILES string of the molecule is Cc1cc(N2CCOCC2)nc(CNC(=O)Cc2c(F)cccc2Cl)n1. The molecular weight excluding hydrogens is 359 g/mol. The fourth-order valence-corrected chi connectivity index (χ4v) is 2.98. The zero-order valence-electron chi connectivity index (χ0n) is 14.5. The fraction of sp³-hybridized carbons (Fsp3) is 0.389. The molecule has 0 spiro atoms. The van der Waals surface area contributed by atoms with Crippen molar-refractivity contribution < 1.29 is 13.9 Å². The first kappa shape index (κ1) is 18.5. The second-order valence-electron chi connectivity index (χ2n) is 6.04. The minimum Gasteiger partial charge on any atom is -0.378 e. The predicted molar refractivity (Wildman–Crippen MR) is 96.8 cm³/mol. The number of hydrogen-bond acceptors (Lipinski definition) is 5. The molecule has 0 saturated carbocycles. The van der Waals surface area contributed by atoms with Crippen molar-refractivity contribution in [3.05, 3.63) is 52.2 Å². The molecule has 1 aliphatic heterocycles. The lowest BCUT2D eigenvalue weighted by molar-refractivity contribution is -0.120. The fourth-order valence-electron chi connectivity index (χ4n) is 2.75. The number of carbonyl (C=O) groups is 1. The monoisotopic (exact) mass is 378 g/mol. The maximum absolute atomic E-state index is 13.8. The van der Waals surface area contributed by atoms with E-state index < -0.39 is 5.82 Å². The van der Waals surface area contributed by atoms with Crippen LogP contribution in [-0.4, -0.2) is 42.2 Å². The van der Waals surface area contributed by atoms with E-state index in [0.29, 0.717) is 19.0 Å². The summed E-state index contributed by atoms with van der Waals surface area (Å²) < 4.78 is 19.1. The second kappa shape index (κ2) is 8.42. The first-order valence-corrected chi connectivity index (χ1v) is 8.77. The first-order chi connectivity index (χ1) is 12.5. The van der Waals surface area contributed by atoms with Crippen LogP contribution >= 0.6 is 11.6 Å². The minimum atomic E-state index is -0.492. The van der Waals surface area contributed by atoms with E-state index in [2.05, 4.69) is 20.2 Å². The Bertz CT molecular complexity index is 777. The average Bonchev–Trinajstić information content (AvgIpc) is 2.63. The Morgan fingerprint density at radius 1 is 1.35 bits per heavy atom. The van der Waals surface area contributed by atoms with Crippen LogP contribution in [0.5, 0.6) is 0 Å². The highest BCUT2D eigenvalue weighted by Crippen LogP contribution is 2.19. The molecule has 8 heteroatoms. The highest BCUT2D eigenvalue weighted by Gasteiger charge is 2.15. The van der Waals surface area contributed by atoms with Gasteiger partial charge in [0.1, 0.15) is 17.5 Å². The third kappa shape index (κ3) is 4.68. The van der Waals surface area contributed by atoms with Crippen molar-refractivity contribution in [2.45, 2.75) is 19.9 Å². The summed E-state index contributed by atoms with van der Waals surface area (Å²) >= 11 is 5.96. The Balaban J connectivity index is 1.63. The summed E-state index contributed by atoms with van der Waals surface area (Å²) in [5, 5.41) is 2.96. The molecule has 6 nitrogen and oxygen atoms in total. The maximum atomic E-state index is 13.8. The number of halogens is 2. The summed E-state index contributed by atoms with van der Waals surface area (Å²) in [5.74, 6) is 0.505. The Hall–Kier alpha value is -2.25. The highest BCUT2D eigenvalue weighted by molar-refractivity contribution is 6.31. The second-order valence-corrected chi connectivity index (χ2v) is 6.44. The van der Waals surface area contributed by atoms with Gasteiger partial charge in [-0.05, 0) is 19.1 Å². The molecule has 1 aromatic heterocycles. The number of benzene rings is 1. The van der Waals surface area contributed by atoms with Crippen LogP contribution in [0.1, 0.15) is 17.1 Å². The minimum absolute atomic E-state index is 0.131. The summed E-state index contributed by atoms with van der Waals surface area (Å²) in [6.07, 6.45) is -0.131. The van der Waals surface area contributed by atoms with E-state index >= 15 is 0 Å². The standard InChI is InChI=1S/C18H20ClFN4O2/c1-12-9-17(24-5-7-26-8-6-24)23-16(22-12)11-21-18(25)10-13-14(19)3-2-4-15(13)20/h2-4,9H,5-8,10-11H2,1H3,(H,21,25). The van der Waals surface area contributed by atoms with Gasteiger partial charge in [-0.25, -0.2) is 14.4 Å². The van der Waals surface area contributed by atoms with Gasteiger partial charge in [-0.15, -0.1) is 0 Å². The lowest BCUT2D eigenvalue weighted by Crippen LogP contribution is -2.37. The van der Waals surface area contributed by atoms with Gasteiger partial charge in [0.15, 0.2) is 0 Å². The van der Waals surface area contributed by atoms with E-state index in [1.807, 2.05) is 13.0 Å². The van der Waals surface area contributed by atoms with Gasteiger partial charge in [-0.1, -0.05) is 17.7 Å². The van der Waals surface area contributed by atoms with Crippen molar-refractivity contribution in [3.8, 4) is 0 Å². The molecule has 1 amide bonds. The van der Waals surface area contributed by atoms with Gasteiger partial charge in [-0.2, -0.15) is 0 Å². The number of morpholine rings is 1. The zero-order chi connectivity index (χ0) is 18.5. The van der Waals surface area contributed by atoms with Crippen LogP contribution in [-0.2, 0) is 22.5 Å². The Morgan fingerprint density at radius 2 is 2.12 bits per heavy atom. The largest absolute Gasteiger partial charge is 0.378 e. The van der Waals surface area contributed by atoms with Crippen LogP contribution in [0, 0.1) is 12.7 Å². The molecule has 1 aliphatic rings. The first-order valence-electron chi connectivity index (χ1n) is 8.40. The van der Waals surface area contributed by atoms with Gasteiger partial charge in [-0.3, -0.25) is 4.79 Å². The summed E-state index contributed by atoms with van der Waals surface area (Å²) in [4.78, 5) is 23.1. The molecule has 1 aromatic carbocycles. The number of aryl methyl sites for hydroxylation is 1. The van der Waals surface area contributed by atoms with Crippen LogP contribution in [0.2, 0.25) is 5.02 Å². The third-order valence-electron chi connectivity index (χ3n) is 4.06. The normalized spacial score (nSPS) is 14.3. The van der Waals surface area contributed by atoms with Crippen molar-refractivity contribution in [1.29, 1.82) is 0 Å². The molecule has 3 rings (SSSR count). The number of ether oxygens (including phenoxy) is 1. The van der Waals surface area contributed by atoms with Crippen molar-refractivity contribution in [2.24, 2.45) is 0 Å².